The molecule has 0 saturated heterocycles. The topological polar surface area (TPSA) is 22.1 Å². The van der Waals surface area contributed by atoms with Crippen LogP contribution in [0.4, 0.5) is 0 Å². The Bertz CT molecular complexity index is 746. The van der Waals surface area contributed by atoms with Crippen LogP contribution in [0.3, 0.4) is 0 Å². The highest BCUT2D eigenvalue weighted by atomic mass is 35.5. The molecule has 112 valence electrons. The maximum Gasteiger partial charge on any atom is 0.171 e. The molecule has 0 spiro atoms. The van der Waals surface area contributed by atoms with Gasteiger partial charge in [-0.05, 0) is 42.3 Å². The second-order valence-electron chi connectivity index (χ2n) is 4.86. The molecule has 4 heteroatoms. The smallest absolute Gasteiger partial charge is 0.171 e. The molecule has 0 aliphatic heterocycles. The van der Waals surface area contributed by atoms with Crippen molar-refractivity contribution in [3.63, 3.8) is 0 Å². The van der Waals surface area contributed by atoms with Crippen molar-refractivity contribution in [3.8, 4) is 5.75 Å². The Hall–Kier alpha value is -1.84. The van der Waals surface area contributed by atoms with E-state index in [4.69, 9.17) is 16.3 Å². The summed E-state index contributed by atoms with van der Waals surface area (Å²) in [5.74, 6) is 0.791. The number of halogens is 1. The van der Waals surface area contributed by atoms with E-state index in [9.17, 15) is 0 Å². The third-order valence-corrected chi connectivity index (χ3v) is 4.59. The standard InChI is InChI=1S/C18H16ClNOS/c1-2-17(19)21-14-10-7-13(8-11-14)9-12-18-20-15-5-3-4-6-16(15)22-18/h3-12,17H,2H2,1H3/b12-9+. The molecule has 22 heavy (non-hydrogen) atoms. The van der Waals surface area contributed by atoms with Gasteiger partial charge in [-0.3, -0.25) is 0 Å². The van der Waals surface area contributed by atoms with Gasteiger partial charge < -0.3 is 4.74 Å². The molecule has 0 radical (unpaired) electrons. The van der Waals surface area contributed by atoms with Crippen molar-refractivity contribution in [2.75, 3.05) is 0 Å². The highest BCUT2D eigenvalue weighted by molar-refractivity contribution is 7.19. The number of hydrogen-bond donors (Lipinski definition) is 0. The molecule has 0 saturated carbocycles. The zero-order chi connectivity index (χ0) is 15.4. The van der Waals surface area contributed by atoms with Gasteiger partial charge in [0.25, 0.3) is 0 Å². The van der Waals surface area contributed by atoms with E-state index in [2.05, 4.69) is 17.1 Å². The van der Waals surface area contributed by atoms with E-state index in [1.807, 2.05) is 55.5 Å². The molecule has 0 fully saturated rings. The fourth-order valence-corrected chi connectivity index (χ4v) is 2.99. The van der Waals surface area contributed by atoms with Crippen molar-refractivity contribution in [2.45, 2.75) is 18.9 Å². The number of ether oxygens (including phenoxy) is 1. The van der Waals surface area contributed by atoms with Crippen LogP contribution in [0.2, 0.25) is 0 Å². The molecule has 1 heterocycles. The third kappa shape index (κ3) is 3.67. The average Bonchev–Trinajstić information content (AvgIpc) is 2.97. The fourth-order valence-electron chi connectivity index (χ4n) is 2.02. The molecule has 0 amide bonds. The van der Waals surface area contributed by atoms with Crippen molar-refractivity contribution >= 4 is 45.3 Å². The highest BCUT2D eigenvalue weighted by Gasteiger charge is 2.02. The van der Waals surface area contributed by atoms with E-state index in [-0.39, 0.29) is 5.56 Å². The van der Waals surface area contributed by atoms with Crippen LogP contribution in [0.5, 0.6) is 5.75 Å². The van der Waals surface area contributed by atoms with Gasteiger partial charge in [0, 0.05) is 0 Å². The van der Waals surface area contributed by atoms with Crippen molar-refractivity contribution in [1.29, 1.82) is 0 Å². The number of thiazole rings is 1. The van der Waals surface area contributed by atoms with E-state index in [1.165, 1.54) is 4.70 Å². The Balaban J connectivity index is 1.72. The van der Waals surface area contributed by atoms with Gasteiger partial charge in [0.15, 0.2) is 5.56 Å². The zero-order valence-corrected chi connectivity index (χ0v) is 13.8. The minimum atomic E-state index is -0.274. The monoisotopic (exact) mass is 329 g/mol. The lowest BCUT2D eigenvalue weighted by molar-refractivity contribution is 0.277. The first-order valence-electron chi connectivity index (χ1n) is 7.19. The van der Waals surface area contributed by atoms with Gasteiger partial charge in [-0.15, -0.1) is 11.3 Å². The quantitative estimate of drug-likeness (QED) is 0.550. The Morgan fingerprint density at radius 1 is 1.14 bits per heavy atom. The van der Waals surface area contributed by atoms with Crippen molar-refractivity contribution in [1.82, 2.24) is 4.98 Å². The molecule has 1 atom stereocenters. The van der Waals surface area contributed by atoms with Crippen molar-refractivity contribution in [3.05, 3.63) is 59.1 Å². The lowest BCUT2D eigenvalue weighted by atomic mass is 10.2. The molecule has 2 nitrogen and oxygen atoms in total. The number of nitrogens with zero attached hydrogens (tertiary/aromatic N) is 1. The molecule has 3 aromatic rings. The molecule has 2 aromatic carbocycles. The summed E-state index contributed by atoms with van der Waals surface area (Å²) in [6.45, 7) is 1.99. The van der Waals surface area contributed by atoms with Crippen LogP contribution in [-0.4, -0.2) is 10.5 Å². The Labute approximate surface area is 139 Å². The van der Waals surface area contributed by atoms with Gasteiger partial charge in [-0.25, -0.2) is 4.98 Å². The van der Waals surface area contributed by atoms with Gasteiger partial charge in [0.05, 0.1) is 10.2 Å². The van der Waals surface area contributed by atoms with Gasteiger partial charge >= 0.3 is 0 Å². The fraction of sp³-hybridized carbons (Fsp3) is 0.167. The molecular formula is C18H16ClNOS. The molecule has 0 aliphatic rings. The third-order valence-electron chi connectivity index (χ3n) is 3.19. The minimum absolute atomic E-state index is 0.274. The number of alkyl halides is 1. The molecule has 3 rings (SSSR count). The van der Waals surface area contributed by atoms with Crippen LogP contribution >= 0.6 is 22.9 Å². The summed E-state index contributed by atoms with van der Waals surface area (Å²) in [5.41, 5.74) is 1.88. The Morgan fingerprint density at radius 3 is 2.64 bits per heavy atom. The van der Waals surface area contributed by atoms with Gasteiger partial charge in [0.2, 0.25) is 0 Å². The van der Waals surface area contributed by atoms with E-state index in [0.29, 0.717) is 0 Å². The maximum absolute atomic E-state index is 5.98. The van der Waals surface area contributed by atoms with Crippen LogP contribution in [-0.2, 0) is 0 Å². The molecule has 0 N–H and O–H groups in total. The lowest BCUT2D eigenvalue weighted by Crippen LogP contribution is -2.06. The van der Waals surface area contributed by atoms with Gasteiger partial charge in [0.1, 0.15) is 10.8 Å². The molecule has 1 unspecified atom stereocenters. The first-order chi connectivity index (χ1) is 10.7. The molecular weight excluding hydrogens is 314 g/mol. The van der Waals surface area contributed by atoms with Crippen LogP contribution in [0.1, 0.15) is 23.9 Å². The molecule has 0 bridgehead atoms. The van der Waals surface area contributed by atoms with E-state index in [1.54, 1.807) is 11.3 Å². The first kappa shape index (κ1) is 15.1. The summed E-state index contributed by atoms with van der Waals surface area (Å²) in [5, 5.41) is 1.01. The SMILES string of the molecule is CCC(Cl)Oc1ccc(/C=C/c2nc3ccccc3s2)cc1. The number of rotatable bonds is 5. The predicted molar refractivity (Wildman–Crippen MR) is 95.6 cm³/mol. The predicted octanol–water partition coefficient (Wildman–Crippen LogP) is 5.82. The van der Waals surface area contributed by atoms with Crippen molar-refractivity contribution in [2.24, 2.45) is 0 Å². The summed E-state index contributed by atoms with van der Waals surface area (Å²) >= 11 is 7.67. The minimum Gasteiger partial charge on any atom is -0.475 e. The van der Waals surface area contributed by atoms with E-state index in [0.717, 1.165) is 28.3 Å². The lowest BCUT2D eigenvalue weighted by Gasteiger charge is -2.10. The Morgan fingerprint density at radius 2 is 1.91 bits per heavy atom. The summed E-state index contributed by atoms with van der Waals surface area (Å²) in [4.78, 5) is 4.59. The van der Waals surface area contributed by atoms with Crippen LogP contribution in [0, 0.1) is 0 Å². The summed E-state index contributed by atoms with van der Waals surface area (Å²) in [6.07, 6.45) is 4.87. The number of para-hydroxylation sites is 1. The van der Waals surface area contributed by atoms with Crippen molar-refractivity contribution < 1.29 is 4.74 Å². The number of hydrogen-bond acceptors (Lipinski definition) is 3. The van der Waals surface area contributed by atoms with Gasteiger partial charge in [-0.1, -0.05) is 48.9 Å². The number of aromatic nitrogens is 1. The van der Waals surface area contributed by atoms with Crippen LogP contribution < -0.4 is 4.74 Å². The normalized spacial score (nSPS) is 12.8. The second kappa shape index (κ2) is 6.95. The molecule has 1 aromatic heterocycles. The Kier molecular flexibility index (Phi) is 4.76. The number of benzene rings is 2. The highest BCUT2D eigenvalue weighted by Crippen LogP contribution is 2.23. The maximum atomic E-state index is 5.98. The van der Waals surface area contributed by atoms with Crippen LogP contribution in [0.15, 0.2) is 48.5 Å². The first-order valence-corrected chi connectivity index (χ1v) is 8.44. The zero-order valence-electron chi connectivity index (χ0n) is 12.2. The summed E-state index contributed by atoms with van der Waals surface area (Å²) < 4.78 is 6.76. The van der Waals surface area contributed by atoms with E-state index < -0.39 is 0 Å². The summed E-state index contributed by atoms with van der Waals surface area (Å²) in [7, 11) is 0. The number of fused-ring (bicyclic) bond motifs is 1. The molecule has 0 aliphatic carbocycles. The average molecular weight is 330 g/mol. The largest absolute Gasteiger partial charge is 0.475 e. The van der Waals surface area contributed by atoms with E-state index >= 15 is 0 Å². The summed E-state index contributed by atoms with van der Waals surface area (Å²) in [6, 6.07) is 16.1. The van der Waals surface area contributed by atoms with Crippen LogP contribution in [0.25, 0.3) is 22.4 Å². The second-order valence-corrected chi connectivity index (χ2v) is 6.41. The van der Waals surface area contributed by atoms with Gasteiger partial charge in [-0.2, -0.15) is 0 Å².